The Morgan fingerprint density at radius 3 is 2.41 bits per heavy atom. The molecule has 2 heterocycles. The van der Waals surface area contributed by atoms with Crippen LogP contribution < -0.4 is 10.2 Å². The molecule has 0 aliphatic carbocycles. The van der Waals surface area contributed by atoms with E-state index in [1.165, 1.54) is 0 Å². The normalized spacial score (nSPS) is 15.2. The molecule has 168 valence electrons. The summed E-state index contributed by atoms with van der Waals surface area (Å²) < 4.78 is 24.0. The monoisotopic (exact) mass is 451 g/mol. The highest BCUT2D eigenvalue weighted by Crippen LogP contribution is 2.23. The number of carbonyl (C=O) groups excluding carboxylic acids is 1. The number of pyridine rings is 1. The molecule has 0 saturated carbocycles. The van der Waals surface area contributed by atoms with E-state index < -0.39 is 9.84 Å². The third kappa shape index (κ3) is 4.63. The Hall–Kier alpha value is -2.93. The number of nitrogens with zero attached hydrogens (tertiary/aromatic N) is 2. The molecule has 0 radical (unpaired) electrons. The van der Waals surface area contributed by atoms with Gasteiger partial charge in [-0.05, 0) is 68.7 Å². The Bertz CT molecular complexity index is 1250. The van der Waals surface area contributed by atoms with E-state index in [4.69, 9.17) is 0 Å². The van der Waals surface area contributed by atoms with Crippen LogP contribution in [-0.2, 0) is 9.84 Å². The summed E-state index contributed by atoms with van der Waals surface area (Å²) in [4.78, 5) is 20.1. The SMILES string of the molecule is CCS(=O)(=O)c1ccc(N2CCC(NC(=O)c3cc4ccc(C)cc4nc3C)CC2)cc1. The Morgan fingerprint density at radius 2 is 1.75 bits per heavy atom. The van der Waals surface area contributed by atoms with E-state index in [2.05, 4.69) is 15.2 Å². The molecule has 1 amide bonds. The van der Waals surface area contributed by atoms with Gasteiger partial charge in [0.15, 0.2) is 9.84 Å². The molecule has 4 rings (SSSR count). The molecule has 1 aromatic heterocycles. The van der Waals surface area contributed by atoms with Crippen LogP contribution in [0.25, 0.3) is 10.9 Å². The second-order valence-electron chi connectivity index (χ2n) is 8.45. The smallest absolute Gasteiger partial charge is 0.253 e. The molecule has 2 aromatic carbocycles. The summed E-state index contributed by atoms with van der Waals surface area (Å²) in [6, 6.07) is 15.2. The predicted molar refractivity (Wildman–Crippen MR) is 128 cm³/mol. The Kier molecular flexibility index (Phi) is 6.20. The highest BCUT2D eigenvalue weighted by Gasteiger charge is 2.23. The standard InChI is InChI=1S/C25H29N3O3S/c1-4-32(30,31)22-9-7-21(8-10-22)28-13-11-20(12-14-28)27-25(29)23-16-19-6-5-17(2)15-24(19)26-18(23)3/h5-10,15-16,20H,4,11-14H2,1-3H3,(H,27,29). The third-order valence-corrected chi connectivity index (χ3v) is 7.93. The van der Waals surface area contributed by atoms with Crippen molar-refractivity contribution >= 4 is 32.3 Å². The van der Waals surface area contributed by atoms with Crippen molar-refractivity contribution in [1.29, 1.82) is 0 Å². The molecule has 3 aromatic rings. The molecule has 1 N–H and O–H groups in total. The van der Waals surface area contributed by atoms with Gasteiger partial charge in [0.1, 0.15) is 0 Å². The zero-order valence-corrected chi connectivity index (χ0v) is 19.6. The van der Waals surface area contributed by atoms with Crippen molar-refractivity contribution in [3.05, 3.63) is 65.4 Å². The van der Waals surface area contributed by atoms with E-state index in [-0.39, 0.29) is 17.7 Å². The van der Waals surface area contributed by atoms with Gasteiger partial charge in [0.25, 0.3) is 5.91 Å². The maximum absolute atomic E-state index is 12.9. The summed E-state index contributed by atoms with van der Waals surface area (Å²) in [5, 5.41) is 4.14. The fraction of sp³-hybridized carbons (Fsp3) is 0.360. The first-order valence-corrected chi connectivity index (χ1v) is 12.7. The van der Waals surface area contributed by atoms with Gasteiger partial charge < -0.3 is 10.2 Å². The molecular weight excluding hydrogens is 422 g/mol. The topological polar surface area (TPSA) is 79.4 Å². The van der Waals surface area contributed by atoms with E-state index in [0.29, 0.717) is 10.5 Å². The fourth-order valence-corrected chi connectivity index (χ4v) is 5.06. The summed E-state index contributed by atoms with van der Waals surface area (Å²) in [6.45, 7) is 7.17. The first kappa shape index (κ1) is 22.3. The lowest BCUT2D eigenvalue weighted by Crippen LogP contribution is -2.44. The predicted octanol–water partition coefficient (Wildman–Crippen LogP) is 4.04. The number of anilines is 1. The summed E-state index contributed by atoms with van der Waals surface area (Å²) in [5.74, 6) is 0.0218. The minimum absolute atomic E-state index is 0.0787. The number of carbonyl (C=O) groups is 1. The maximum atomic E-state index is 12.9. The van der Waals surface area contributed by atoms with Crippen LogP contribution >= 0.6 is 0 Å². The van der Waals surface area contributed by atoms with Gasteiger partial charge in [-0.2, -0.15) is 0 Å². The number of aromatic nitrogens is 1. The number of fused-ring (bicyclic) bond motifs is 1. The number of amides is 1. The molecule has 1 saturated heterocycles. The molecule has 7 heteroatoms. The van der Waals surface area contributed by atoms with Crippen molar-refractivity contribution in [2.75, 3.05) is 23.7 Å². The van der Waals surface area contributed by atoms with Gasteiger partial charge in [-0.25, -0.2) is 8.42 Å². The van der Waals surface area contributed by atoms with E-state index in [0.717, 1.165) is 53.8 Å². The third-order valence-electron chi connectivity index (χ3n) is 6.18. The summed E-state index contributed by atoms with van der Waals surface area (Å²) in [5.41, 5.74) is 4.42. The molecule has 1 aliphatic heterocycles. The lowest BCUT2D eigenvalue weighted by molar-refractivity contribution is 0.0930. The van der Waals surface area contributed by atoms with Crippen LogP contribution in [0.1, 0.15) is 41.4 Å². The molecular formula is C25H29N3O3S. The lowest BCUT2D eigenvalue weighted by atomic mass is 10.0. The average molecular weight is 452 g/mol. The van der Waals surface area contributed by atoms with Crippen molar-refractivity contribution in [1.82, 2.24) is 10.3 Å². The molecule has 0 spiro atoms. The average Bonchev–Trinajstić information content (AvgIpc) is 2.79. The first-order chi connectivity index (χ1) is 15.3. The Labute approximate surface area is 189 Å². The summed E-state index contributed by atoms with van der Waals surface area (Å²) in [7, 11) is -3.19. The van der Waals surface area contributed by atoms with Crippen molar-refractivity contribution in [2.24, 2.45) is 0 Å². The molecule has 0 bridgehead atoms. The Balaban J connectivity index is 1.39. The zero-order chi connectivity index (χ0) is 22.9. The van der Waals surface area contributed by atoms with Gasteiger partial charge in [-0.1, -0.05) is 19.1 Å². The maximum Gasteiger partial charge on any atom is 0.253 e. The quantitative estimate of drug-likeness (QED) is 0.633. The highest BCUT2D eigenvalue weighted by molar-refractivity contribution is 7.91. The number of piperidine rings is 1. The van der Waals surface area contributed by atoms with E-state index in [9.17, 15) is 13.2 Å². The van der Waals surface area contributed by atoms with Crippen LogP contribution in [0.5, 0.6) is 0 Å². The minimum atomic E-state index is -3.19. The number of hydrogen-bond acceptors (Lipinski definition) is 5. The van der Waals surface area contributed by atoms with Crippen LogP contribution in [0.2, 0.25) is 0 Å². The first-order valence-electron chi connectivity index (χ1n) is 11.0. The molecule has 6 nitrogen and oxygen atoms in total. The minimum Gasteiger partial charge on any atom is -0.371 e. The number of rotatable bonds is 5. The number of nitrogens with one attached hydrogen (secondary N) is 1. The molecule has 0 atom stereocenters. The van der Waals surface area contributed by atoms with Crippen molar-refractivity contribution in [3.8, 4) is 0 Å². The van der Waals surface area contributed by atoms with Gasteiger partial charge in [-0.15, -0.1) is 0 Å². The molecule has 1 aliphatic rings. The largest absolute Gasteiger partial charge is 0.371 e. The van der Waals surface area contributed by atoms with Crippen molar-refractivity contribution in [2.45, 2.75) is 44.6 Å². The van der Waals surface area contributed by atoms with E-state index in [1.54, 1.807) is 19.1 Å². The second-order valence-corrected chi connectivity index (χ2v) is 10.7. The number of aryl methyl sites for hydroxylation is 2. The van der Waals surface area contributed by atoms with Gasteiger partial charge in [0.05, 0.1) is 27.4 Å². The second kappa shape index (κ2) is 8.90. The number of benzene rings is 2. The van der Waals surface area contributed by atoms with E-state index in [1.807, 2.05) is 50.2 Å². The van der Waals surface area contributed by atoms with Gasteiger partial charge in [-0.3, -0.25) is 9.78 Å². The van der Waals surface area contributed by atoms with Crippen LogP contribution in [0.4, 0.5) is 5.69 Å². The summed E-state index contributed by atoms with van der Waals surface area (Å²) in [6.07, 6.45) is 1.67. The highest BCUT2D eigenvalue weighted by atomic mass is 32.2. The van der Waals surface area contributed by atoms with Crippen molar-refractivity contribution < 1.29 is 13.2 Å². The molecule has 0 unspecified atom stereocenters. The van der Waals surface area contributed by atoms with Crippen LogP contribution in [-0.4, -0.2) is 44.2 Å². The summed E-state index contributed by atoms with van der Waals surface area (Å²) >= 11 is 0. The molecule has 1 fully saturated rings. The lowest BCUT2D eigenvalue weighted by Gasteiger charge is -2.34. The zero-order valence-electron chi connectivity index (χ0n) is 18.8. The fourth-order valence-electron chi connectivity index (χ4n) is 4.18. The molecule has 32 heavy (non-hydrogen) atoms. The van der Waals surface area contributed by atoms with Gasteiger partial charge >= 0.3 is 0 Å². The van der Waals surface area contributed by atoms with Gasteiger partial charge in [0, 0.05) is 30.2 Å². The van der Waals surface area contributed by atoms with Crippen molar-refractivity contribution in [3.63, 3.8) is 0 Å². The van der Waals surface area contributed by atoms with Crippen LogP contribution in [0.15, 0.2) is 53.4 Å². The van der Waals surface area contributed by atoms with Gasteiger partial charge in [0.2, 0.25) is 0 Å². The Morgan fingerprint density at radius 1 is 1.06 bits per heavy atom. The number of hydrogen-bond donors (Lipinski definition) is 1. The number of sulfone groups is 1. The van der Waals surface area contributed by atoms with E-state index >= 15 is 0 Å². The van der Waals surface area contributed by atoms with Crippen LogP contribution in [0, 0.1) is 13.8 Å². The van der Waals surface area contributed by atoms with Crippen LogP contribution in [0.3, 0.4) is 0 Å².